The number of likely N-dealkylation sites (N-methyl/N-ethyl adjacent to an activating group) is 1. The summed E-state index contributed by atoms with van der Waals surface area (Å²) in [6, 6.07) is 22.5. The molecule has 6 nitrogen and oxygen atoms in total. The summed E-state index contributed by atoms with van der Waals surface area (Å²) in [5.41, 5.74) is 8.15. The first-order valence-corrected chi connectivity index (χ1v) is 8.87. The summed E-state index contributed by atoms with van der Waals surface area (Å²) < 4.78 is 0. The van der Waals surface area contributed by atoms with Crippen LogP contribution in [0.2, 0.25) is 0 Å². The molecule has 0 aromatic heterocycles. The quantitative estimate of drug-likeness (QED) is 0.616. The molecule has 1 atom stereocenters. The highest BCUT2D eigenvalue weighted by molar-refractivity contribution is 6.09. The van der Waals surface area contributed by atoms with E-state index in [1.807, 2.05) is 60.7 Å². The number of amides is 1. The normalized spacial score (nSPS) is 20.0. The molecule has 0 fully saturated rings. The number of benzene rings is 3. The zero-order valence-electron chi connectivity index (χ0n) is 15.1. The number of carbonyl (C=O) groups is 1. The Morgan fingerprint density at radius 1 is 0.857 bits per heavy atom. The van der Waals surface area contributed by atoms with Gasteiger partial charge in [-0.1, -0.05) is 42.5 Å². The molecule has 0 saturated heterocycles. The topological polar surface area (TPSA) is 77.2 Å². The minimum atomic E-state index is -1.24. The Bertz CT molecular complexity index is 1120. The molecule has 3 aromatic carbocycles. The summed E-state index contributed by atoms with van der Waals surface area (Å²) in [6.07, 6.45) is 0. The van der Waals surface area contributed by atoms with E-state index in [1.165, 1.54) is 4.90 Å². The molecule has 0 aliphatic carbocycles. The van der Waals surface area contributed by atoms with Crippen molar-refractivity contribution in [1.29, 1.82) is 0 Å². The SMILES string of the molecule is CN1C(=O)C2(N=C1N)c1ccc(cc1)OOc1cccc(c1)-c1cccc2c1. The summed E-state index contributed by atoms with van der Waals surface area (Å²) in [6.45, 7) is 0. The Hall–Kier alpha value is -3.80. The minimum Gasteiger partial charge on any atom is -0.369 e. The number of nitrogens with zero attached hydrogens (tertiary/aromatic N) is 2. The zero-order chi connectivity index (χ0) is 19.3. The number of nitrogens with two attached hydrogens (primary N) is 1. The highest BCUT2D eigenvalue weighted by Gasteiger charge is 2.49. The van der Waals surface area contributed by atoms with E-state index in [0.717, 1.165) is 16.7 Å². The van der Waals surface area contributed by atoms with Crippen LogP contribution >= 0.6 is 0 Å². The smallest absolute Gasteiger partial charge is 0.266 e. The molecule has 3 aliphatic rings. The standard InChI is InChI=1S/C22H17N3O3/c1-25-20(26)22(24-21(25)23)16-8-10-18(11-9-16)27-28-19-7-3-5-15(13-19)14-4-2-6-17(22)12-14/h2-13H,1H3,(H2,23,24). The number of rotatable bonds is 0. The number of hydrogen-bond acceptors (Lipinski definition) is 5. The van der Waals surface area contributed by atoms with Crippen LogP contribution in [0.5, 0.6) is 11.5 Å². The lowest BCUT2D eigenvalue weighted by atomic mass is 9.81. The van der Waals surface area contributed by atoms with Crippen molar-refractivity contribution in [3.8, 4) is 22.6 Å². The molecule has 6 heteroatoms. The molecule has 6 bridgehead atoms. The maximum Gasteiger partial charge on any atom is 0.266 e. The van der Waals surface area contributed by atoms with Gasteiger partial charge in [-0.05, 0) is 52.6 Å². The average Bonchev–Trinajstić information content (AvgIpc) is 2.97. The molecule has 3 heterocycles. The summed E-state index contributed by atoms with van der Waals surface area (Å²) >= 11 is 0. The Balaban J connectivity index is 1.83. The van der Waals surface area contributed by atoms with Crippen molar-refractivity contribution in [1.82, 2.24) is 4.90 Å². The molecule has 3 aliphatic heterocycles. The molecule has 1 unspecified atom stereocenters. The Kier molecular flexibility index (Phi) is 3.42. The first kappa shape index (κ1) is 16.4. The van der Waals surface area contributed by atoms with E-state index in [9.17, 15) is 4.79 Å². The van der Waals surface area contributed by atoms with Crippen LogP contribution in [0.15, 0.2) is 77.8 Å². The van der Waals surface area contributed by atoms with Gasteiger partial charge in [0.05, 0.1) is 0 Å². The molecular weight excluding hydrogens is 354 g/mol. The number of aliphatic imine (C=N–C) groups is 1. The van der Waals surface area contributed by atoms with E-state index in [2.05, 4.69) is 4.99 Å². The predicted octanol–water partition coefficient (Wildman–Crippen LogP) is 3.07. The van der Waals surface area contributed by atoms with Gasteiger partial charge in [0.15, 0.2) is 23.0 Å². The molecule has 138 valence electrons. The zero-order valence-corrected chi connectivity index (χ0v) is 15.1. The second kappa shape index (κ2) is 5.85. The van der Waals surface area contributed by atoms with E-state index in [0.29, 0.717) is 17.1 Å². The Morgan fingerprint density at radius 3 is 2.25 bits per heavy atom. The first-order valence-electron chi connectivity index (χ1n) is 8.87. The van der Waals surface area contributed by atoms with Gasteiger partial charge < -0.3 is 5.73 Å². The third-order valence-electron chi connectivity index (χ3n) is 5.19. The summed E-state index contributed by atoms with van der Waals surface area (Å²) in [7, 11) is 1.63. The maximum absolute atomic E-state index is 13.3. The van der Waals surface area contributed by atoms with Crippen LogP contribution in [0.3, 0.4) is 0 Å². The average molecular weight is 371 g/mol. The van der Waals surface area contributed by atoms with Crippen molar-refractivity contribution in [2.24, 2.45) is 10.7 Å². The van der Waals surface area contributed by atoms with Crippen molar-refractivity contribution < 1.29 is 14.6 Å². The minimum absolute atomic E-state index is 0.186. The lowest BCUT2D eigenvalue weighted by molar-refractivity contribution is -0.129. The van der Waals surface area contributed by atoms with Crippen LogP contribution < -0.4 is 15.5 Å². The molecule has 28 heavy (non-hydrogen) atoms. The lowest BCUT2D eigenvalue weighted by Gasteiger charge is -2.26. The van der Waals surface area contributed by atoms with Gasteiger partial charge in [-0.15, -0.1) is 0 Å². The van der Waals surface area contributed by atoms with Crippen LogP contribution in [-0.4, -0.2) is 23.8 Å². The summed E-state index contributed by atoms with van der Waals surface area (Å²) in [5.74, 6) is 1.09. The maximum atomic E-state index is 13.3. The summed E-state index contributed by atoms with van der Waals surface area (Å²) in [5, 5.41) is 0. The van der Waals surface area contributed by atoms with Gasteiger partial charge in [0, 0.05) is 7.05 Å². The molecule has 1 amide bonds. The van der Waals surface area contributed by atoms with Crippen molar-refractivity contribution in [3.05, 3.63) is 83.9 Å². The second-order valence-electron chi connectivity index (χ2n) is 6.84. The van der Waals surface area contributed by atoms with Gasteiger partial charge >= 0.3 is 0 Å². The van der Waals surface area contributed by atoms with Gasteiger partial charge in [-0.25, -0.2) is 4.99 Å². The van der Waals surface area contributed by atoms with E-state index in [1.54, 1.807) is 19.2 Å². The van der Waals surface area contributed by atoms with Crippen molar-refractivity contribution in [2.75, 3.05) is 7.05 Å². The molecule has 0 radical (unpaired) electrons. The summed E-state index contributed by atoms with van der Waals surface area (Å²) in [4.78, 5) is 30.2. The highest BCUT2D eigenvalue weighted by atomic mass is 17.2. The van der Waals surface area contributed by atoms with Gasteiger partial charge in [-0.2, -0.15) is 0 Å². The van der Waals surface area contributed by atoms with Crippen LogP contribution in [-0.2, 0) is 10.3 Å². The van der Waals surface area contributed by atoms with Crippen molar-refractivity contribution in [3.63, 3.8) is 0 Å². The number of guanidine groups is 1. The van der Waals surface area contributed by atoms with Gasteiger partial charge in [0.1, 0.15) is 0 Å². The number of fused-ring (bicyclic) bond motifs is 3. The molecule has 6 rings (SSSR count). The van der Waals surface area contributed by atoms with E-state index < -0.39 is 5.54 Å². The molecular formula is C22H17N3O3. The third-order valence-corrected chi connectivity index (χ3v) is 5.19. The monoisotopic (exact) mass is 371 g/mol. The Labute approximate surface area is 161 Å². The Morgan fingerprint density at radius 2 is 1.54 bits per heavy atom. The third kappa shape index (κ3) is 2.28. The van der Waals surface area contributed by atoms with Crippen LogP contribution in [0.1, 0.15) is 11.1 Å². The van der Waals surface area contributed by atoms with Gasteiger partial charge in [-0.3, -0.25) is 19.5 Å². The fraction of sp³-hybridized carbons (Fsp3) is 0.0909. The fourth-order valence-electron chi connectivity index (χ4n) is 3.68. The van der Waals surface area contributed by atoms with Crippen LogP contribution in [0, 0.1) is 0 Å². The number of hydrogen-bond donors (Lipinski definition) is 1. The van der Waals surface area contributed by atoms with Crippen molar-refractivity contribution in [2.45, 2.75) is 5.54 Å². The fourth-order valence-corrected chi connectivity index (χ4v) is 3.68. The van der Waals surface area contributed by atoms with E-state index in [-0.39, 0.29) is 11.9 Å². The highest BCUT2D eigenvalue weighted by Crippen LogP contribution is 2.41. The first-order chi connectivity index (χ1) is 13.6. The molecule has 0 saturated carbocycles. The van der Waals surface area contributed by atoms with E-state index in [4.69, 9.17) is 15.5 Å². The molecule has 1 spiro atoms. The molecule has 3 aromatic rings. The lowest BCUT2D eigenvalue weighted by Crippen LogP contribution is -2.41. The molecule has 2 N–H and O–H groups in total. The van der Waals surface area contributed by atoms with E-state index >= 15 is 0 Å². The van der Waals surface area contributed by atoms with Crippen LogP contribution in [0.25, 0.3) is 11.1 Å². The second-order valence-corrected chi connectivity index (χ2v) is 6.84. The predicted molar refractivity (Wildman–Crippen MR) is 105 cm³/mol. The van der Waals surface area contributed by atoms with Crippen molar-refractivity contribution >= 4 is 11.9 Å². The largest absolute Gasteiger partial charge is 0.369 e. The van der Waals surface area contributed by atoms with Crippen LogP contribution in [0.4, 0.5) is 0 Å². The number of carbonyl (C=O) groups excluding carboxylic acids is 1. The van der Waals surface area contributed by atoms with Gasteiger partial charge in [0.2, 0.25) is 0 Å². The van der Waals surface area contributed by atoms with Gasteiger partial charge in [0.25, 0.3) is 5.91 Å².